The van der Waals surface area contributed by atoms with Crippen molar-refractivity contribution < 1.29 is 0 Å². The van der Waals surface area contributed by atoms with E-state index in [9.17, 15) is 0 Å². The Morgan fingerprint density at radius 1 is 1.54 bits per heavy atom. The van der Waals surface area contributed by atoms with Gasteiger partial charge in [0, 0.05) is 4.47 Å². The molecule has 0 heterocycles. The van der Waals surface area contributed by atoms with Gasteiger partial charge in [-0.25, -0.2) is 0 Å². The van der Waals surface area contributed by atoms with Gasteiger partial charge < -0.3 is 0 Å². The molecular weight excluding hydrogens is 226 g/mol. The summed E-state index contributed by atoms with van der Waals surface area (Å²) in [7, 11) is 0. The number of nitriles is 1. The summed E-state index contributed by atoms with van der Waals surface area (Å²) >= 11 is 3.41. The Balaban J connectivity index is 3.17. The Kier molecular flexibility index (Phi) is 3.50. The normalized spacial score (nSPS) is 12.2. The fourth-order valence-electron chi connectivity index (χ4n) is 1.36. The standard InChI is InChI=1S/C11H12BrN/c1-3-9-4-5-10(12)6-11(9)8(2)7-13/h4-6,8H,3H2,1-2H3. The minimum atomic E-state index is -0.0209. The highest BCUT2D eigenvalue weighted by molar-refractivity contribution is 9.10. The van der Waals surface area contributed by atoms with Crippen LogP contribution in [0.25, 0.3) is 0 Å². The van der Waals surface area contributed by atoms with Gasteiger partial charge in [0.25, 0.3) is 0 Å². The summed E-state index contributed by atoms with van der Waals surface area (Å²) in [5.41, 5.74) is 2.40. The summed E-state index contributed by atoms with van der Waals surface area (Å²) in [5.74, 6) is -0.0209. The minimum absolute atomic E-state index is 0.0209. The Bertz CT molecular complexity index is 338. The molecule has 68 valence electrons. The maximum Gasteiger partial charge on any atom is 0.0701 e. The maximum atomic E-state index is 8.83. The van der Waals surface area contributed by atoms with Gasteiger partial charge in [-0.3, -0.25) is 0 Å². The van der Waals surface area contributed by atoms with Gasteiger partial charge in [-0.15, -0.1) is 0 Å². The lowest BCUT2D eigenvalue weighted by molar-refractivity contribution is 0.939. The number of halogens is 1. The van der Waals surface area contributed by atoms with Crippen molar-refractivity contribution in [2.45, 2.75) is 26.2 Å². The van der Waals surface area contributed by atoms with Crippen LogP contribution in [-0.4, -0.2) is 0 Å². The molecule has 0 aliphatic carbocycles. The van der Waals surface area contributed by atoms with E-state index in [0.717, 1.165) is 16.5 Å². The molecule has 1 atom stereocenters. The molecule has 0 saturated heterocycles. The molecule has 0 fully saturated rings. The largest absolute Gasteiger partial charge is 0.198 e. The second-order valence-corrected chi connectivity index (χ2v) is 3.96. The zero-order valence-electron chi connectivity index (χ0n) is 7.84. The van der Waals surface area contributed by atoms with Crippen molar-refractivity contribution in [1.82, 2.24) is 0 Å². The molecule has 1 aromatic carbocycles. The van der Waals surface area contributed by atoms with Crippen LogP contribution in [0.4, 0.5) is 0 Å². The molecule has 0 aliphatic heterocycles. The highest BCUT2D eigenvalue weighted by Gasteiger charge is 2.08. The van der Waals surface area contributed by atoms with E-state index in [-0.39, 0.29) is 5.92 Å². The van der Waals surface area contributed by atoms with Crippen LogP contribution in [0.3, 0.4) is 0 Å². The smallest absolute Gasteiger partial charge is 0.0701 e. The zero-order valence-corrected chi connectivity index (χ0v) is 9.43. The predicted octanol–water partition coefficient (Wildman–Crippen LogP) is 3.64. The molecule has 0 saturated carbocycles. The van der Waals surface area contributed by atoms with E-state index in [0.29, 0.717) is 0 Å². The Hall–Kier alpha value is -0.810. The fraction of sp³-hybridized carbons (Fsp3) is 0.364. The summed E-state index contributed by atoms with van der Waals surface area (Å²) in [5, 5.41) is 8.83. The van der Waals surface area contributed by atoms with E-state index in [2.05, 4.69) is 35.0 Å². The average Bonchev–Trinajstić information content (AvgIpc) is 2.16. The lowest BCUT2D eigenvalue weighted by atomic mass is 9.96. The topological polar surface area (TPSA) is 23.8 Å². The summed E-state index contributed by atoms with van der Waals surface area (Å²) < 4.78 is 1.04. The summed E-state index contributed by atoms with van der Waals surface area (Å²) in [4.78, 5) is 0. The van der Waals surface area contributed by atoms with Gasteiger partial charge in [-0.2, -0.15) is 5.26 Å². The highest BCUT2D eigenvalue weighted by atomic mass is 79.9. The van der Waals surface area contributed by atoms with Crippen LogP contribution in [0.15, 0.2) is 22.7 Å². The number of aryl methyl sites for hydroxylation is 1. The summed E-state index contributed by atoms with van der Waals surface area (Å²) in [6.07, 6.45) is 0.981. The summed E-state index contributed by atoms with van der Waals surface area (Å²) in [6, 6.07) is 8.39. The molecule has 0 aromatic heterocycles. The third kappa shape index (κ3) is 2.32. The van der Waals surface area contributed by atoms with Crippen molar-refractivity contribution in [3.05, 3.63) is 33.8 Å². The second-order valence-electron chi connectivity index (χ2n) is 3.05. The Morgan fingerprint density at radius 3 is 2.77 bits per heavy atom. The first-order valence-corrected chi connectivity index (χ1v) is 5.16. The molecule has 13 heavy (non-hydrogen) atoms. The van der Waals surface area contributed by atoms with E-state index in [1.807, 2.05) is 19.1 Å². The van der Waals surface area contributed by atoms with E-state index in [1.165, 1.54) is 5.56 Å². The van der Waals surface area contributed by atoms with Crippen LogP contribution in [0.1, 0.15) is 30.9 Å². The molecule has 0 radical (unpaired) electrons. The third-order valence-electron chi connectivity index (χ3n) is 2.15. The van der Waals surface area contributed by atoms with Gasteiger partial charge in [0.1, 0.15) is 0 Å². The number of hydrogen-bond donors (Lipinski definition) is 0. The SMILES string of the molecule is CCc1ccc(Br)cc1C(C)C#N. The molecule has 0 bridgehead atoms. The first kappa shape index (κ1) is 10.3. The minimum Gasteiger partial charge on any atom is -0.198 e. The molecule has 1 aromatic rings. The van der Waals surface area contributed by atoms with Gasteiger partial charge >= 0.3 is 0 Å². The van der Waals surface area contributed by atoms with Crippen LogP contribution < -0.4 is 0 Å². The van der Waals surface area contributed by atoms with Gasteiger partial charge in [0.15, 0.2) is 0 Å². The first-order valence-electron chi connectivity index (χ1n) is 4.37. The zero-order chi connectivity index (χ0) is 9.84. The van der Waals surface area contributed by atoms with Crippen molar-refractivity contribution in [3.8, 4) is 6.07 Å². The Labute approximate surface area is 87.5 Å². The number of rotatable bonds is 2. The van der Waals surface area contributed by atoms with E-state index in [4.69, 9.17) is 5.26 Å². The van der Waals surface area contributed by atoms with Crippen LogP contribution in [-0.2, 0) is 6.42 Å². The highest BCUT2D eigenvalue weighted by Crippen LogP contribution is 2.23. The third-order valence-corrected chi connectivity index (χ3v) is 2.64. The van der Waals surface area contributed by atoms with Crippen LogP contribution in [0.2, 0.25) is 0 Å². The quantitative estimate of drug-likeness (QED) is 0.771. The van der Waals surface area contributed by atoms with E-state index < -0.39 is 0 Å². The van der Waals surface area contributed by atoms with E-state index >= 15 is 0 Å². The van der Waals surface area contributed by atoms with Crippen molar-refractivity contribution in [2.24, 2.45) is 0 Å². The van der Waals surface area contributed by atoms with Gasteiger partial charge in [-0.05, 0) is 36.6 Å². The molecule has 2 heteroatoms. The van der Waals surface area contributed by atoms with Gasteiger partial charge in [-0.1, -0.05) is 28.9 Å². The van der Waals surface area contributed by atoms with Crippen molar-refractivity contribution in [3.63, 3.8) is 0 Å². The molecule has 1 nitrogen and oxygen atoms in total. The Morgan fingerprint density at radius 2 is 2.23 bits per heavy atom. The molecule has 1 rings (SSSR count). The van der Waals surface area contributed by atoms with Gasteiger partial charge in [0.2, 0.25) is 0 Å². The lowest BCUT2D eigenvalue weighted by Crippen LogP contribution is -1.96. The fourth-order valence-corrected chi connectivity index (χ4v) is 1.74. The molecule has 0 N–H and O–H groups in total. The van der Waals surface area contributed by atoms with E-state index in [1.54, 1.807) is 0 Å². The summed E-state index contributed by atoms with van der Waals surface area (Å²) in [6.45, 7) is 4.04. The molecule has 0 spiro atoms. The van der Waals surface area contributed by atoms with Crippen LogP contribution in [0, 0.1) is 11.3 Å². The number of benzene rings is 1. The monoisotopic (exact) mass is 237 g/mol. The van der Waals surface area contributed by atoms with Crippen molar-refractivity contribution in [2.75, 3.05) is 0 Å². The van der Waals surface area contributed by atoms with Crippen LogP contribution in [0.5, 0.6) is 0 Å². The lowest BCUT2D eigenvalue weighted by Gasteiger charge is -2.09. The molecule has 0 amide bonds. The van der Waals surface area contributed by atoms with Gasteiger partial charge in [0.05, 0.1) is 12.0 Å². The molecule has 1 unspecified atom stereocenters. The van der Waals surface area contributed by atoms with Crippen molar-refractivity contribution >= 4 is 15.9 Å². The van der Waals surface area contributed by atoms with Crippen LogP contribution >= 0.6 is 15.9 Å². The maximum absolute atomic E-state index is 8.83. The predicted molar refractivity (Wildman–Crippen MR) is 57.5 cm³/mol. The molecular formula is C11H12BrN. The average molecular weight is 238 g/mol. The van der Waals surface area contributed by atoms with Crippen molar-refractivity contribution in [1.29, 1.82) is 5.26 Å². The first-order chi connectivity index (χ1) is 6.19. The number of nitrogens with zero attached hydrogens (tertiary/aromatic N) is 1. The molecule has 0 aliphatic rings. The second kappa shape index (κ2) is 4.43. The number of hydrogen-bond acceptors (Lipinski definition) is 1.